The summed E-state index contributed by atoms with van der Waals surface area (Å²) in [5.74, 6) is 0.756. The topological polar surface area (TPSA) is 88.4 Å². The van der Waals surface area contributed by atoms with Gasteiger partial charge in [0.1, 0.15) is 5.60 Å². The number of fused-ring (bicyclic) bond motifs is 2. The van der Waals surface area contributed by atoms with Gasteiger partial charge in [0.05, 0.1) is 28.6 Å². The van der Waals surface area contributed by atoms with Crippen molar-refractivity contribution in [2.75, 3.05) is 0 Å². The van der Waals surface area contributed by atoms with Gasteiger partial charge in [-0.15, -0.1) is 0 Å². The molecule has 0 bridgehead atoms. The number of hydrogen-bond donors (Lipinski definition) is 2. The van der Waals surface area contributed by atoms with Crippen molar-refractivity contribution < 1.29 is 24.6 Å². The average Bonchev–Trinajstić information content (AvgIpc) is 3.14. The fourth-order valence-electron chi connectivity index (χ4n) is 9.83. The van der Waals surface area contributed by atoms with E-state index in [4.69, 9.17) is 9.57 Å². The number of carbonyl (C=O) groups excluding carboxylic acids is 1. The molecule has 2 N–H and O–H groups in total. The number of ether oxygens (including phenoxy) is 1. The maximum Gasteiger partial charge on any atom is 0.365 e. The highest BCUT2D eigenvalue weighted by Gasteiger charge is 2.57. The molecular weight excluding hydrogens is 538 g/mol. The quantitative estimate of drug-likeness (QED) is 0.206. The second-order valence-corrected chi connectivity index (χ2v) is 16.1. The molecule has 0 spiro atoms. The normalized spacial score (nSPS) is 41.4. The molecule has 5 rings (SSSR count). The first-order valence-corrected chi connectivity index (χ1v) is 16.6. The number of carbonyl (C=O) groups is 1. The summed E-state index contributed by atoms with van der Waals surface area (Å²) in [6, 6.07) is 8.93. The third-order valence-corrected chi connectivity index (χ3v) is 12.6. The highest BCUT2D eigenvalue weighted by molar-refractivity contribution is 5.94. The minimum Gasteiger partial charge on any atom is -0.390 e. The first-order chi connectivity index (χ1) is 20.0. The lowest BCUT2D eigenvalue weighted by molar-refractivity contribution is -0.188. The second kappa shape index (κ2) is 11.4. The van der Waals surface area contributed by atoms with E-state index in [1.807, 2.05) is 45.9 Å². The summed E-state index contributed by atoms with van der Waals surface area (Å²) in [5.41, 5.74) is 0.347. The molecule has 0 aromatic heterocycles. The highest BCUT2D eigenvalue weighted by Crippen LogP contribution is 2.59. The van der Waals surface area contributed by atoms with Crippen LogP contribution in [0.2, 0.25) is 0 Å². The van der Waals surface area contributed by atoms with Crippen molar-refractivity contribution in [1.82, 2.24) is 0 Å². The van der Waals surface area contributed by atoms with Gasteiger partial charge in [-0.25, -0.2) is 4.79 Å². The van der Waals surface area contributed by atoms with Crippen LogP contribution in [0, 0.1) is 34.5 Å². The number of rotatable bonds is 5. The van der Waals surface area contributed by atoms with Crippen LogP contribution in [-0.4, -0.2) is 44.8 Å². The van der Waals surface area contributed by atoms with Gasteiger partial charge in [-0.05, 0) is 139 Å². The molecule has 6 heteroatoms. The zero-order valence-corrected chi connectivity index (χ0v) is 27.8. The minimum absolute atomic E-state index is 0.0293. The molecule has 6 nitrogen and oxygen atoms in total. The van der Waals surface area contributed by atoms with E-state index < -0.39 is 22.8 Å². The second-order valence-electron chi connectivity index (χ2n) is 16.1. The number of oxime groups is 1. The van der Waals surface area contributed by atoms with E-state index in [1.165, 1.54) is 5.57 Å². The van der Waals surface area contributed by atoms with Crippen molar-refractivity contribution in [3.63, 3.8) is 0 Å². The first kappa shape index (κ1) is 32.4. The maximum atomic E-state index is 12.7. The molecule has 0 amide bonds. The largest absolute Gasteiger partial charge is 0.390 e. The predicted molar refractivity (Wildman–Crippen MR) is 171 cm³/mol. The van der Waals surface area contributed by atoms with Crippen LogP contribution in [0.3, 0.4) is 0 Å². The Labute approximate surface area is 259 Å². The fraction of sp³-hybridized carbons (Fsp3) is 0.730. The van der Waals surface area contributed by atoms with Gasteiger partial charge in [0.2, 0.25) is 0 Å². The lowest BCUT2D eigenvalue weighted by atomic mass is 9.55. The molecule has 3 fully saturated rings. The Morgan fingerprint density at radius 2 is 1.60 bits per heavy atom. The summed E-state index contributed by atoms with van der Waals surface area (Å²) >= 11 is 0. The van der Waals surface area contributed by atoms with E-state index >= 15 is 0 Å². The highest BCUT2D eigenvalue weighted by atomic mass is 16.7. The van der Waals surface area contributed by atoms with Gasteiger partial charge in [0.15, 0.2) is 0 Å². The Morgan fingerprint density at radius 1 is 0.930 bits per heavy atom. The Morgan fingerprint density at radius 3 is 2.30 bits per heavy atom. The summed E-state index contributed by atoms with van der Waals surface area (Å²) in [5, 5.41) is 27.5. The van der Waals surface area contributed by atoms with Gasteiger partial charge < -0.3 is 19.8 Å². The molecule has 0 radical (unpaired) electrons. The van der Waals surface area contributed by atoms with E-state index in [9.17, 15) is 15.0 Å². The fourth-order valence-corrected chi connectivity index (χ4v) is 9.83. The lowest BCUT2D eigenvalue weighted by Gasteiger charge is -2.54. The number of hydrogen-bond acceptors (Lipinski definition) is 6. The Hall–Kier alpha value is -2.02. The monoisotopic (exact) mass is 593 g/mol. The Bertz CT molecular complexity index is 1240. The third-order valence-electron chi connectivity index (χ3n) is 12.6. The molecule has 3 aliphatic carbocycles. The third kappa shape index (κ3) is 6.01. The first-order valence-electron chi connectivity index (χ1n) is 16.6. The van der Waals surface area contributed by atoms with Gasteiger partial charge in [0, 0.05) is 0 Å². The van der Waals surface area contributed by atoms with E-state index in [2.05, 4.69) is 38.9 Å². The number of aliphatic hydroxyl groups is 2. The van der Waals surface area contributed by atoms with Gasteiger partial charge in [-0.2, -0.15) is 0 Å². The minimum atomic E-state index is -0.799. The molecule has 238 valence electrons. The summed E-state index contributed by atoms with van der Waals surface area (Å²) in [6.45, 7) is 17.5. The smallest absolute Gasteiger partial charge is 0.365 e. The van der Waals surface area contributed by atoms with Gasteiger partial charge in [-0.1, -0.05) is 55.8 Å². The van der Waals surface area contributed by atoms with Crippen molar-refractivity contribution >= 4 is 11.7 Å². The van der Waals surface area contributed by atoms with Gasteiger partial charge in [0.25, 0.3) is 0 Å². The maximum absolute atomic E-state index is 12.7. The zero-order valence-electron chi connectivity index (χ0n) is 27.8. The van der Waals surface area contributed by atoms with Crippen LogP contribution >= 0.6 is 0 Å². The lowest BCUT2D eigenvalue weighted by Crippen LogP contribution is -2.56. The zero-order chi connectivity index (χ0) is 31.4. The summed E-state index contributed by atoms with van der Waals surface area (Å²) in [6.07, 6.45) is 10.1. The SMILES string of the molecule is CC1=CC[C@H]2[C@H](CC[C@]2(C)O)C(C)(C)[C@@H]1CC[C@H]1[C@]2(C)CC/C(=N/OC(=O)c3ccccc3)C(C)(C)O[C@H]2CC[C@@]1(C)O. The molecule has 1 saturated heterocycles. The van der Waals surface area contributed by atoms with E-state index in [0.29, 0.717) is 36.2 Å². The van der Waals surface area contributed by atoms with E-state index in [1.54, 1.807) is 12.1 Å². The molecule has 2 saturated carbocycles. The Kier molecular flexibility index (Phi) is 8.59. The van der Waals surface area contributed by atoms with Crippen molar-refractivity contribution in [3.8, 4) is 0 Å². The van der Waals surface area contributed by atoms with Crippen LogP contribution in [0.5, 0.6) is 0 Å². The van der Waals surface area contributed by atoms with Crippen molar-refractivity contribution in [2.45, 2.75) is 136 Å². The molecule has 4 aliphatic rings. The Balaban J connectivity index is 1.37. The molecule has 8 atom stereocenters. The van der Waals surface area contributed by atoms with Crippen LogP contribution in [-0.2, 0) is 9.57 Å². The van der Waals surface area contributed by atoms with Crippen LogP contribution in [0.25, 0.3) is 0 Å². The van der Waals surface area contributed by atoms with E-state index in [-0.39, 0.29) is 22.9 Å². The number of benzene rings is 1. The molecule has 1 aliphatic heterocycles. The van der Waals surface area contributed by atoms with Crippen LogP contribution in [0.1, 0.15) is 124 Å². The number of nitrogens with zero attached hydrogens (tertiary/aromatic N) is 1. The van der Waals surface area contributed by atoms with Crippen LogP contribution < -0.4 is 0 Å². The van der Waals surface area contributed by atoms with Gasteiger partial charge >= 0.3 is 5.97 Å². The molecule has 1 aromatic rings. The van der Waals surface area contributed by atoms with E-state index in [0.717, 1.165) is 50.7 Å². The molecule has 1 aromatic carbocycles. The van der Waals surface area contributed by atoms with Crippen LogP contribution in [0.4, 0.5) is 0 Å². The summed E-state index contributed by atoms with van der Waals surface area (Å²) in [7, 11) is 0. The molecular formula is C37H55NO5. The van der Waals surface area contributed by atoms with Crippen molar-refractivity contribution in [1.29, 1.82) is 0 Å². The summed E-state index contributed by atoms with van der Waals surface area (Å²) in [4.78, 5) is 18.1. The summed E-state index contributed by atoms with van der Waals surface area (Å²) < 4.78 is 6.86. The van der Waals surface area contributed by atoms with Crippen LogP contribution in [0.15, 0.2) is 47.1 Å². The predicted octanol–water partition coefficient (Wildman–Crippen LogP) is 7.87. The van der Waals surface area contributed by atoms with Crippen molar-refractivity contribution in [2.24, 2.45) is 39.7 Å². The molecule has 0 unspecified atom stereocenters. The average molecular weight is 594 g/mol. The van der Waals surface area contributed by atoms with Crippen molar-refractivity contribution in [3.05, 3.63) is 47.5 Å². The van der Waals surface area contributed by atoms with Gasteiger partial charge in [-0.3, -0.25) is 0 Å². The number of allylic oxidation sites excluding steroid dienone is 2. The standard InChI is InChI=1S/C37H55NO5/c1-24-14-15-28-27(18-22-36(28,7)40)33(2,3)26(24)16-17-29-35(6)21-19-30(38-43-32(39)25-12-10-9-11-13-25)34(4,5)42-31(35)20-23-37(29,8)41/h9-14,26-29,31,40-41H,15-23H2,1-8H3/b38-30-/t26-,27+,28+,29+,31+,35+,36+,37-/m1/s1. The molecule has 43 heavy (non-hydrogen) atoms. The molecule has 1 heterocycles.